The molecule has 2 nitrogen and oxygen atoms in total. The number of rotatable bonds is 2. The van der Waals surface area contributed by atoms with Gasteiger partial charge in [0.05, 0.1) is 5.69 Å². The second kappa shape index (κ2) is 4.19. The van der Waals surface area contributed by atoms with Crippen molar-refractivity contribution in [3.8, 4) is 0 Å². The monoisotopic (exact) mass is 225 g/mol. The van der Waals surface area contributed by atoms with Gasteiger partial charge in [0.1, 0.15) is 0 Å². The molecule has 62 valence electrons. The van der Waals surface area contributed by atoms with Crippen LogP contribution in [0.4, 0.5) is 5.69 Å². The fourth-order valence-electron chi connectivity index (χ4n) is 0.910. The van der Waals surface area contributed by atoms with Gasteiger partial charge in [-0.2, -0.15) is 4.99 Å². The lowest BCUT2D eigenvalue weighted by Crippen LogP contribution is -1.78. The molecule has 1 aromatic rings. The van der Waals surface area contributed by atoms with Gasteiger partial charge in [0.15, 0.2) is 0 Å². The second-order valence-electron chi connectivity index (χ2n) is 2.34. The Kier molecular flexibility index (Phi) is 3.20. The van der Waals surface area contributed by atoms with Crippen LogP contribution < -0.4 is 0 Å². The molecule has 0 atom stereocenters. The lowest BCUT2D eigenvalue weighted by atomic mass is 10.1. The van der Waals surface area contributed by atoms with Crippen molar-refractivity contribution >= 4 is 27.7 Å². The number of nitrogens with zero attached hydrogens (tertiary/aromatic N) is 1. The zero-order chi connectivity index (χ0) is 8.97. The van der Waals surface area contributed by atoms with Crippen LogP contribution in [0, 0.1) is 0 Å². The molecular weight excluding hydrogens is 218 g/mol. The first-order valence-electron chi connectivity index (χ1n) is 3.64. The van der Waals surface area contributed by atoms with E-state index in [0.717, 1.165) is 10.9 Å². The highest BCUT2D eigenvalue weighted by atomic mass is 79.9. The largest absolute Gasteiger partial charge is 0.240 e. The smallest absolute Gasteiger partial charge is 0.211 e. The molecule has 0 saturated carbocycles. The van der Waals surface area contributed by atoms with E-state index in [1.54, 1.807) is 6.07 Å². The van der Waals surface area contributed by atoms with Crippen molar-refractivity contribution in [3.05, 3.63) is 28.2 Å². The molecule has 0 amide bonds. The second-order valence-corrected chi connectivity index (χ2v) is 3.20. The lowest BCUT2D eigenvalue weighted by molar-refractivity contribution is 0.565. The summed E-state index contributed by atoms with van der Waals surface area (Å²) in [4.78, 5) is 13.5. The fourth-order valence-corrected chi connectivity index (χ4v) is 1.43. The van der Waals surface area contributed by atoms with Gasteiger partial charge in [-0.05, 0) is 40.0 Å². The van der Waals surface area contributed by atoms with Crippen LogP contribution in [0.3, 0.4) is 0 Å². The Bertz CT molecular complexity index is 329. The lowest BCUT2D eigenvalue weighted by Gasteiger charge is -1.99. The zero-order valence-corrected chi connectivity index (χ0v) is 8.26. The van der Waals surface area contributed by atoms with Gasteiger partial charge in [-0.25, -0.2) is 4.79 Å². The maximum atomic E-state index is 9.97. The molecule has 0 radical (unpaired) electrons. The maximum Gasteiger partial charge on any atom is 0.240 e. The van der Waals surface area contributed by atoms with Crippen molar-refractivity contribution in [1.82, 2.24) is 0 Å². The van der Waals surface area contributed by atoms with Crippen molar-refractivity contribution in [3.63, 3.8) is 0 Å². The molecule has 0 bridgehead atoms. The van der Waals surface area contributed by atoms with E-state index in [1.165, 1.54) is 11.6 Å². The highest BCUT2D eigenvalue weighted by Gasteiger charge is 1.97. The van der Waals surface area contributed by atoms with Crippen LogP contribution in [0.15, 0.2) is 27.7 Å². The predicted octanol–water partition coefficient (Wildman–Crippen LogP) is 2.98. The van der Waals surface area contributed by atoms with Gasteiger partial charge in [-0.1, -0.05) is 13.0 Å². The molecule has 0 aromatic heterocycles. The number of aryl methyl sites for hydroxylation is 1. The van der Waals surface area contributed by atoms with E-state index in [9.17, 15) is 4.79 Å². The Balaban J connectivity index is 3.11. The first-order chi connectivity index (χ1) is 5.77. The number of halogens is 1. The highest BCUT2D eigenvalue weighted by Crippen LogP contribution is 2.25. The van der Waals surface area contributed by atoms with E-state index in [1.807, 2.05) is 12.1 Å². The molecule has 0 saturated heterocycles. The molecular formula is C9H8BrNO. The van der Waals surface area contributed by atoms with Crippen molar-refractivity contribution in [2.75, 3.05) is 0 Å². The zero-order valence-electron chi connectivity index (χ0n) is 6.67. The normalized spacial score (nSPS) is 9.17. The van der Waals surface area contributed by atoms with Crippen LogP contribution in [0.1, 0.15) is 12.5 Å². The molecule has 3 heteroatoms. The molecule has 0 unspecified atom stereocenters. The minimum Gasteiger partial charge on any atom is -0.211 e. The molecule has 1 aromatic carbocycles. The molecule has 12 heavy (non-hydrogen) atoms. The number of aliphatic imine (C=N–C) groups is 1. The first-order valence-corrected chi connectivity index (χ1v) is 4.43. The van der Waals surface area contributed by atoms with Gasteiger partial charge >= 0.3 is 0 Å². The molecule has 0 aliphatic carbocycles. The summed E-state index contributed by atoms with van der Waals surface area (Å²) in [6.45, 7) is 2.07. The summed E-state index contributed by atoms with van der Waals surface area (Å²) in [7, 11) is 0. The molecule has 0 spiro atoms. The van der Waals surface area contributed by atoms with Crippen LogP contribution in [0.5, 0.6) is 0 Å². The van der Waals surface area contributed by atoms with E-state index in [0.29, 0.717) is 5.69 Å². The van der Waals surface area contributed by atoms with Crippen molar-refractivity contribution in [2.24, 2.45) is 4.99 Å². The van der Waals surface area contributed by atoms with E-state index in [4.69, 9.17) is 0 Å². The Morgan fingerprint density at radius 1 is 1.58 bits per heavy atom. The Hall–Kier alpha value is -0.920. The van der Waals surface area contributed by atoms with Crippen LogP contribution in [0.2, 0.25) is 0 Å². The van der Waals surface area contributed by atoms with E-state index in [-0.39, 0.29) is 0 Å². The third-order valence-corrected chi connectivity index (χ3v) is 2.22. The first kappa shape index (κ1) is 9.17. The molecule has 0 heterocycles. The molecule has 0 fully saturated rings. The fraction of sp³-hybridized carbons (Fsp3) is 0.222. The predicted molar refractivity (Wildman–Crippen MR) is 51.3 cm³/mol. The number of isocyanates is 1. The SMILES string of the molecule is CCc1ccc(N=C=O)c(Br)c1. The minimum absolute atomic E-state index is 0.627. The number of hydrogen-bond donors (Lipinski definition) is 0. The van der Waals surface area contributed by atoms with E-state index in [2.05, 4.69) is 27.8 Å². The van der Waals surface area contributed by atoms with Crippen LogP contribution in [-0.4, -0.2) is 6.08 Å². The molecule has 1 rings (SSSR count). The average molecular weight is 226 g/mol. The van der Waals surface area contributed by atoms with Crippen molar-refractivity contribution in [2.45, 2.75) is 13.3 Å². The highest BCUT2D eigenvalue weighted by molar-refractivity contribution is 9.10. The molecule has 0 aliphatic heterocycles. The summed E-state index contributed by atoms with van der Waals surface area (Å²) in [5, 5.41) is 0. The standard InChI is InChI=1S/C9H8BrNO/c1-2-7-3-4-9(11-6-12)8(10)5-7/h3-5H,2H2,1H3. The third-order valence-electron chi connectivity index (χ3n) is 1.59. The molecule has 0 N–H and O–H groups in total. The van der Waals surface area contributed by atoms with Gasteiger partial charge in [0.2, 0.25) is 6.08 Å². The van der Waals surface area contributed by atoms with Gasteiger partial charge in [0.25, 0.3) is 0 Å². The summed E-state index contributed by atoms with van der Waals surface area (Å²) >= 11 is 3.32. The summed E-state index contributed by atoms with van der Waals surface area (Å²) in [6, 6.07) is 5.70. The van der Waals surface area contributed by atoms with Gasteiger partial charge < -0.3 is 0 Å². The summed E-state index contributed by atoms with van der Waals surface area (Å²) in [5.74, 6) is 0. The number of hydrogen-bond acceptors (Lipinski definition) is 2. The maximum absolute atomic E-state index is 9.97. The van der Waals surface area contributed by atoms with E-state index < -0.39 is 0 Å². The van der Waals surface area contributed by atoms with E-state index >= 15 is 0 Å². The number of carbonyl (C=O) groups excluding carboxylic acids is 1. The van der Waals surface area contributed by atoms with Crippen molar-refractivity contribution in [1.29, 1.82) is 0 Å². The van der Waals surface area contributed by atoms with Gasteiger partial charge in [-0.3, -0.25) is 0 Å². The molecule has 0 aliphatic rings. The third kappa shape index (κ3) is 2.03. The number of benzene rings is 1. The topological polar surface area (TPSA) is 29.4 Å². The Labute approximate surface area is 79.5 Å². The summed E-state index contributed by atoms with van der Waals surface area (Å²) in [5.41, 5.74) is 1.84. The Morgan fingerprint density at radius 2 is 2.33 bits per heavy atom. The van der Waals surface area contributed by atoms with Crippen LogP contribution in [-0.2, 0) is 11.2 Å². The van der Waals surface area contributed by atoms with Crippen LogP contribution in [0.25, 0.3) is 0 Å². The quantitative estimate of drug-likeness (QED) is 0.563. The summed E-state index contributed by atoms with van der Waals surface area (Å²) in [6.07, 6.45) is 2.48. The van der Waals surface area contributed by atoms with Gasteiger partial charge in [0, 0.05) is 4.47 Å². The summed E-state index contributed by atoms with van der Waals surface area (Å²) < 4.78 is 0.838. The van der Waals surface area contributed by atoms with Gasteiger partial charge in [-0.15, -0.1) is 0 Å². The van der Waals surface area contributed by atoms with Crippen LogP contribution >= 0.6 is 15.9 Å². The minimum atomic E-state index is 0.627. The Morgan fingerprint density at radius 3 is 2.83 bits per heavy atom. The average Bonchev–Trinajstić information content (AvgIpc) is 2.09. The van der Waals surface area contributed by atoms with Crippen molar-refractivity contribution < 1.29 is 4.79 Å².